The summed E-state index contributed by atoms with van der Waals surface area (Å²) >= 11 is 1.60. The fraction of sp³-hybridized carbons (Fsp3) is 0.111. The molecule has 0 unspecified atom stereocenters. The van der Waals surface area contributed by atoms with Gasteiger partial charge in [0.25, 0.3) is 5.91 Å². The second-order valence-corrected chi connectivity index (χ2v) is 6.26. The molecule has 0 aliphatic heterocycles. The summed E-state index contributed by atoms with van der Waals surface area (Å²) in [6.07, 6.45) is 3.29. The summed E-state index contributed by atoms with van der Waals surface area (Å²) in [5.74, 6) is 0.528. The second-order valence-electron chi connectivity index (χ2n) is 5.32. The molecule has 2 aromatic carbocycles. The molecule has 1 amide bonds. The van der Waals surface area contributed by atoms with Crippen molar-refractivity contribution in [3.63, 3.8) is 0 Å². The molecule has 0 spiro atoms. The summed E-state index contributed by atoms with van der Waals surface area (Å²) in [6, 6.07) is 17.0. The smallest absolute Gasteiger partial charge is 0.271 e. The van der Waals surface area contributed by atoms with Gasteiger partial charge in [-0.05, 0) is 23.3 Å². The van der Waals surface area contributed by atoms with Crippen LogP contribution in [-0.4, -0.2) is 26.9 Å². The lowest BCUT2D eigenvalue weighted by Gasteiger charge is -2.03. The summed E-state index contributed by atoms with van der Waals surface area (Å²) < 4.78 is 1.87. The van der Waals surface area contributed by atoms with Crippen LogP contribution in [0, 0.1) is 0 Å². The Morgan fingerprint density at radius 3 is 2.64 bits per heavy atom. The summed E-state index contributed by atoms with van der Waals surface area (Å²) in [5.41, 5.74) is 5.14. The number of carbonyl (C=O) groups excluding carboxylic acids is 1. The van der Waals surface area contributed by atoms with Gasteiger partial charge in [0.15, 0.2) is 5.16 Å². The third kappa shape index (κ3) is 4.77. The van der Waals surface area contributed by atoms with Gasteiger partial charge in [0.2, 0.25) is 0 Å². The molecule has 3 rings (SSSR count). The second kappa shape index (κ2) is 8.25. The van der Waals surface area contributed by atoms with Crippen molar-refractivity contribution >= 4 is 23.9 Å². The van der Waals surface area contributed by atoms with Crippen LogP contribution in [-0.2, 0) is 12.8 Å². The van der Waals surface area contributed by atoms with E-state index in [0.29, 0.717) is 5.56 Å². The SMILES string of the molecule is Cn1cnnc1SCc1ccc(C(=O)N/N=C/c2ccccc2)cc1. The lowest BCUT2D eigenvalue weighted by atomic mass is 10.1. The monoisotopic (exact) mass is 351 g/mol. The molecule has 0 bridgehead atoms. The van der Waals surface area contributed by atoms with Gasteiger partial charge < -0.3 is 4.57 Å². The van der Waals surface area contributed by atoms with Crippen LogP contribution in [0.15, 0.2) is 71.2 Å². The highest BCUT2D eigenvalue weighted by atomic mass is 32.2. The molecule has 0 saturated carbocycles. The van der Waals surface area contributed by atoms with Crippen LogP contribution in [0.5, 0.6) is 0 Å². The van der Waals surface area contributed by atoms with E-state index in [1.807, 2.05) is 54.1 Å². The Hall–Kier alpha value is -2.93. The highest BCUT2D eigenvalue weighted by molar-refractivity contribution is 7.98. The minimum Gasteiger partial charge on any atom is -0.312 e. The number of aryl methyl sites for hydroxylation is 1. The van der Waals surface area contributed by atoms with Gasteiger partial charge in [0.05, 0.1) is 6.21 Å². The molecule has 126 valence electrons. The van der Waals surface area contributed by atoms with Gasteiger partial charge in [-0.3, -0.25) is 4.79 Å². The number of hydrogen-bond acceptors (Lipinski definition) is 5. The minimum absolute atomic E-state index is 0.236. The Morgan fingerprint density at radius 2 is 1.96 bits per heavy atom. The van der Waals surface area contributed by atoms with E-state index < -0.39 is 0 Å². The molecule has 1 heterocycles. The van der Waals surface area contributed by atoms with Crippen molar-refractivity contribution in [1.82, 2.24) is 20.2 Å². The predicted octanol–water partition coefficient (Wildman–Crippen LogP) is 2.87. The van der Waals surface area contributed by atoms with E-state index in [1.165, 1.54) is 0 Å². The molecule has 3 aromatic rings. The van der Waals surface area contributed by atoms with Gasteiger partial charge >= 0.3 is 0 Å². The first kappa shape index (κ1) is 16.9. The number of hydrazone groups is 1. The fourth-order valence-electron chi connectivity index (χ4n) is 2.07. The Balaban J connectivity index is 1.53. The molecular weight excluding hydrogens is 334 g/mol. The lowest BCUT2D eigenvalue weighted by Crippen LogP contribution is -2.17. The van der Waals surface area contributed by atoms with Crippen molar-refractivity contribution in [2.45, 2.75) is 10.9 Å². The number of amides is 1. The molecule has 0 radical (unpaired) electrons. The summed E-state index contributed by atoms with van der Waals surface area (Å²) in [6.45, 7) is 0. The third-order valence-electron chi connectivity index (χ3n) is 3.43. The molecule has 0 saturated heterocycles. The normalized spacial score (nSPS) is 10.9. The van der Waals surface area contributed by atoms with Crippen molar-refractivity contribution < 1.29 is 4.79 Å². The number of rotatable bonds is 6. The van der Waals surface area contributed by atoms with Crippen LogP contribution < -0.4 is 5.43 Å². The summed E-state index contributed by atoms with van der Waals surface area (Å²) in [5, 5.41) is 12.7. The van der Waals surface area contributed by atoms with E-state index in [1.54, 1.807) is 36.4 Å². The molecule has 6 nitrogen and oxygen atoms in total. The first-order valence-corrected chi connectivity index (χ1v) is 8.65. The van der Waals surface area contributed by atoms with E-state index in [2.05, 4.69) is 20.7 Å². The van der Waals surface area contributed by atoms with Crippen molar-refractivity contribution in [2.24, 2.45) is 12.1 Å². The zero-order valence-electron chi connectivity index (χ0n) is 13.7. The number of thioether (sulfide) groups is 1. The Morgan fingerprint density at radius 1 is 1.20 bits per heavy atom. The van der Waals surface area contributed by atoms with E-state index in [4.69, 9.17) is 0 Å². The van der Waals surface area contributed by atoms with Gasteiger partial charge in [-0.15, -0.1) is 10.2 Å². The fourth-order valence-corrected chi connectivity index (χ4v) is 2.92. The zero-order valence-corrected chi connectivity index (χ0v) is 14.5. The average Bonchev–Trinajstić information content (AvgIpc) is 3.06. The first-order valence-electron chi connectivity index (χ1n) is 7.66. The number of hydrogen-bond donors (Lipinski definition) is 1. The van der Waals surface area contributed by atoms with Gasteiger partial charge in [-0.1, -0.05) is 54.2 Å². The minimum atomic E-state index is -0.236. The number of nitrogens with one attached hydrogen (secondary N) is 1. The molecule has 0 atom stereocenters. The summed E-state index contributed by atoms with van der Waals surface area (Å²) in [7, 11) is 1.91. The van der Waals surface area contributed by atoms with Crippen LogP contribution in [0.4, 0.5) is 0 Å². The molecule has 0 fully saturated rings. The summed E-state index contributed by atoms with van der Waals surface area (Å²) in [4.78, 5) is 12.1. The number of nitrogens with zero attached hydrogens (tertiary/aromatic N) is 4. The van der Waals surface area contributed by atoms with E-state index in [0.717, 1.165) is 22.0 Å². The maximum atomic E-state index is 12.1. The quantitative estimate of drug-likeness (QED) is 0.421. The Kier molecular flexibility index (Phi) is 5.58. The van der Waals surface area contributed by atoms with Crippen molar-refractivity contribution in [3.05, 3.63) is 77.6 Å². The van der Waals surface area contributed by atoms with Crippen LogP contribution in [0.1, 0.15) is 21.5 Å². The number of carbonyl (C=O) groups is 1. The van der Waals surface area contributed by atoms with Crippen molar-refractivity contribution in [2.75, 3.05) is 0 Å². The standard InChI is InChI=1S/C18H17N5OS/c1-23-13-20-22-18(23)25-12-15-7-9-16(10-8-15)17(24)21-19-11-14-5-3-2-4-6-14/h2-11,13H,12H2,1H3,(H,21,24)/b19-11+. The van der Waals surface area contributed by atoms with Crippen LogP contribution in [0.2, 0.25) is 0 Å². The maximum Gasteiger partial charge on any atom is 0.271 e. The zero-order chi connectivity index (χ0) is 17.5. The molecule has 7 heteroatoms. The molecular formula is C18H17N5OS. The van der Waals surface area contributed by atoms with E-state index in [-0.39, 0.29) is 5.91 Å². The molecule has 0 aliphatic carbocycles. The molecule has 1 aromatic heterocycles. The van der Waals surface area contributed by atoms with Gasteiger partial charge in [-0.25, -0.2) is 5.43 Å². The Bertz CT molecular complexity index is 859. The van der Waals surface area contributed by atoms with Crippen LogP contribution in [0.25, 0.3) is 0 Å². The van der Waals surface area contributed by atoms with Crippen molar-refractivity contribution in [1.29, 1.82) is 0 Å². The van der Waals surface area contributed by atoms with Crippen LogP contribution >= 0.6 is 11.8 Å². The topological polar surface area (TPSA) is 72.2 Å². The first-order chi connectivity index (χ1) is 12.2. The van der Waals surface area contributed by atoms with Gasteiger partial charge in [-0.2, -0.15) is 5.10 Å². The highest BCUT2D eigenvalue weighted by Gasteiger charge is 2.06. The van der Waals surface area contributed by atoms with Crippen LogP contribution in [0.3, 0.4) is 0 Å². The van der Waals surface area contributed by atoms with Crippen molar-refractivity contribution in [3.8, 4) is 0 Å². The molecule has 25 heavy (non-hydrogen) atoms. The third-order valence-corrected chi connectivity index (χ3v) is 4.54. The Labute approximate surface area is 150 Å². The largest absolute Gasteiger partial charge is 0.312 e. The van der Waals surface area contributed by atoms with E-state index >= 15 is 0 Å². The van der Waals surface area contributed by atoms with E-state index in [9.17, 15) is 4.79 Å². The number of aromatic nitrogens is 3. The lowest BCUT2D eigenvalue weighted by molar-refractivity contribution is 0.0955. The van der Waals surface area contributed by atoms with Gasteiger partial charge in [0.1, 0.15) is 6.33 Å². The predicted molar refractivity (Wildman–Crippen MR) is 98.5 cm³/mol. The highest BCUT2D eigenvalue weighted by Crippen LogP contribution is 2.20. The molecule has 1 N–H and O–H groups in total. The maximum absolute atomic E-state index is 12.1. The number of benzene rings is 2. The van der Waals surface area contributed by atoms with Gasteiger partial charge in [0, 0.05) is 18.4 Å². The average molecular weight is 351 g/mol. The molecule has 0 aliphatic rings.